The molecule has 0 aliphatic heterocycles. The fraction of sp³-hybridized carbons (Fsp3) is 0.190. The lowest BCUT2D eigenvalue weighted by atomic mass is 10.1. The highest BCUT2D eigenvalue weighted by Gasteiger charge is 2.31. The van der Waals surface area contributed by atoms with Crippen molar-refractivity contribution in [3.8, 4) is 5.75 Å². The van der Waals surface area contributed by atoms with E-state index in [2.05, 4.69) is 20.0 Å². The Balaban J connectivity index is 1.46. The quantitative estimate of drug-likeness (QED) is 0.380. The number of hydrogen-bond acceptors (Lipinski definition) is 2. The van der Waals surface area contributed by atoms with Gasteiger partial charge in [-0.1, -0.05) is 0 Å². The number of ether oxygens (including phenoxy) is 1. The standard InChI is InChI=1S/C21H16F5N3O2/c1-10-14(15-8-12(22)9-16(23)19(15)28-10)4-5-27-20(30)18-7-11-6-13(31-21(24,25)26)2-3-17(11)29-18/h2-3,6-9,28-29H,4-5H2,1H3,(H,27,30). The summed E-state index contributed by atoms with van der Waals surface area (Å²) in [6.07, 6.45) is -4.49. The first-order chi connectivity index (χ1) is 14.6. The summed E-state index contributed by atoms with van der Waals surface area (Å²) < 4.78 is 68.5. The monoisotopic (exact) mass is 437 g/mol. The van der Waals surface area contributed by atoms with Crippen LogP contribution >= 0.6 is 0 Å². The van der Waals surface area contributed by atoms with Gasteiger partial charge in [-0.2, -0.15) is 0 Å². The second-order valence-electron chi connectivity index (χ2n) is 7.02. The lowest BCUT2D eigenvalue weighted by Gasteiger charge is -2.08. The van der Waals surface area contributed by atoms with Crippen LogP contribution in [0.15, 0.2) is 36.4 Å². The highest BCUT2D eigenvalue weighted by molar-refractivity contribution is 5.98. The molecule has 31 heavy (non-hydrogen) atoms. The average molecular weight is 437 g/mol. The van der Waals surface area contributed by atoms with E-state index in [4.69, 9.17) is 0 Å². The van der Waals surface area contributed by atoms with Crippen molar-refractivity contribution >= 4 is 27.7 Å². The molecular weight excluding hydrogens is 421 g/mol. The van der Waals surface area contributed by atoms with Crippen LogP contribution in [0, 0.1) is 18.6 Å². The Hall–Kier alpha value is -3.56. The highest BCUT2D eigenvalue weighted by Crippen LogP contribution is 2.28. The van der Waals surface area contributed by atoms with Crippen molar-refractivity contribution in [2.45, 2.75) is 19.7 Å². The van der Waals surface area contributed by atoms with Gasteiger partial charge < -0.3 is 20.0 Å². The van der Waals surface area contributed by atoms with Crippen molar-refractivity contribution in [1.82, 2.24) is 15.3 Å². The number of H-pyrrole nitrogens is 2. The van der Waals surface area contributed by atoms with Crippen molar-refractivity contribution in [3.05, 3.63) is 65.0 Å². The second-order valence-corrected chi connectivity index (χ2v) is 7.02. The molecular formula is C21H16F5N3O2. The Morgan fingerprint density at radius 3 is 2.61 bits per heavy atom. The number of amides is 1. The number of fused-ring (bicyclic) bond motifs is 2. The molecule has 5 nitrogen and oxygen atoms in total. The smallest absolute Gasteiger partial charge is 0.406 e. The van der Waals surface area contributed by atoms with Gasteiger partial charge in [0.1, 0.15) is 23.1 Å². The molecule has 0 saturated carbocycles. The number of alkyl halides is 3. The van der Waals surface area contributed by atoms with Gasteiger partial charge in [0, 0.05) is 34.6 Å². The molecule has 0 spiro atoms. The summed E-state index contributed by atoms with van der Waals surface area (Å²) in [5.74, 6) is -2.24. The van der Waals surface area contributed by atoms with Gasteiger partial charge in [0.2, 0.25) is 0 Å². The Morgan fingerprint density at radius 1 is 1.10 bits per heavy atom. The van der Waals surface area contributed by atoms with Crippen LogP contribution in [0.2, 0.25) is 0 Å². The number of rotatable bonds is 5. The summed E-state index contributed by atoms with van der Waals surface area (Å²) in [4.78, 5) is 18.1. The SMILES string of the molecule is Cc1[nH]c2c(F)cc(F)cc2c1CCNC(=O)c1cc2cc(OC(F)(F)F)ccc2[nH]1. The molecule has 0 aliphatic rings. The predicted octanol–water partition coefficient (Wildman–Crippen LogP) is 5.11. The van der Waals surface area contributed by atoms with Crippen LogP contribution in [0.1, 0.15) is 21.7 Å². The number of carbonyl (C=O) groups excluding carboxylic acids is 1. The average Bonchev–Trinajstić information content (AvgIpc) is 3.22. The summed E-state index contributed by atoms with van der Waals surface area (Å²) in [5.41, 5.74) is 2.17. The van der Waals surface area contributed by atoms with Gasteiger partial charge in [-0.15, -0.1) is 13.2 Å². The molecule has 0 aliphatic carbocycles. The highest BCUT2D eigenvalue weighted by atomic mass is 19.4. The Kier molecular flexibility index (Phi) is 5.08. The van der Waals surface area contributed by atoms with E-state index in [1.807, 2.05) is 0 Å². The van der Waals surface area contributed by atoms with Gasteiger partial charge in [0.05, 0.1) is 5.52 Å². The lowest BCUT2D eigenvalue weighted by Crippen LogP contribution is -2.26. The van der Waals surface area contributed by atoms with Gasteiger partial charge in [-0.3, -0.25) is 4.79 Å². The zero-order valence-corrected chi connectivity index (χ0v) is 16.1. The number of carbonyl (C=O) groups is 1. The maximum atomic E-state index is 13.9. The molecule has 162 valence electrons. The molecule has 0 radical (unpaired) electrons. The maximum Gasteiger partial charge on any atom is 0.573 e. The molecule has 10 heteroatoms. The van der Waals surface area contributed by atoms with Crippen molar-refractivity contribution in [2.24, 2.45) is 0 Å². The molecule has 0 unspecified atom stereocenters. The number of nitrogens with one attached hydrogen (secondary N) is 3. The summed E-state index contributed by atoms with van der Waals surface area (Å²) in [6.45, 7) is 1.91. The zero-order chi connectivity index (χ0) is 22.3. The number of benzene rings is 2. The Labute approximate surface area is 172 Å². The Bertz CT molecular complexity index is 1290. The zero-order valence-electron chi connectivity index (χ0n) is 16.1. The van der Waals surface area contributed by atoms with Crippen LogP contribution in [0.25, 0.3) is 21.8 Å². The molecule has 1 amide bonds. The van der Waals surface area contributed by atoms with Gasteiger partial charge in [-0.25, -0.2) is 8.78 Å². The molecule has 3 N–H and O–H groups in total. The molecule has 0 fully saturated rings. The maximum absolute atomic E-state index is 13.9. The number of hydrogen-bond donors (Lipinski definition) is 3. The number of aromatic nitrogens is 2. The molecule has 2 aromatic heterocycles. The fourth-order valence-corrected chi connectivity index (χ4v) is 3.55. The summed E-state index contributed by atoms with van der Waals surface area (Å²) in [7, 11) is 0. The van der Waals surface area contributed by atoms with E-state index in [0.717, 1.165) is 12.1 Å². The molecule has 0 bridgehead atoms. The molecule has 0 atom stereocenters. The van der Waals surface area contributed by atoms with Gasteiger partial charge in [0.15, 0.2) is 0 Å². The van der Waals surface area contributed by atoms with Gasteiger partial charge in [0.25, 0.3) is 5.91 Å². The van der Waals surface area contributed by atoms with Crippen LogP contribution in [0.5, 0.6) is 5.75 Å². The van der Waals surface area contributed by atoms with E-state index in [9.17, 15) is 26.7 Å². The largest absolute Gasteiger partial charge is 0.573 e. The first kappa shape index (κ1) is 20.7. The minimum absolute atomic E-state index is 0.159. The number of aromatic amines is 2. The van der Waals surface area contributed by atoms with E-state index < -0.39 is 23.9 Å². The van der Waals surface area contributed by atoms with Crippen molar-refractivity contribution in [1.29, 1.82) is 0 Å². The predicted molar refractivity (Wildman–Crippen MR) is 104 cm³/mol. The Morgan fingerprint density at radius 2 is 1.87 bits per heavy atom. The minimum Gasteiger partial charge on any atom is -0.406 e. The van der Waals surface area contributed by atoms with Crippen LogP contribution in [0.4, 0.5) is 22.0 Å². The third-order valence-corrected chi connectivity index (χ3v) is 4.88. The van der Waals surface area contributed by atoms with E-state index >= 15 is 0 Å². The van der Waals surface area contributed by atoms with Gasteiger partial charge >= 0.3 is 6.36 Å². The number of halogens is 5. The third-order valence-electron chi connectivity index (χ3n) is 4.88. The normalized spacial score (nSPS) is 11.9. The first-order valence-corrected chi connectivity index (χ1v) is 9.23. The molecule has 0 saturated heterocycles. The fourth-order valence-electron chi connectivity index (χ4n) is 3.55. The van der Waals surface area contributed by atoms with Crippen LogP contribution in [-0.4, -0.2) is 28.8 Å². The van der Waals surface area contributed by atoms with Crippen molar-refractivity contribution in [3.63, 3.8) is 0 Å². The summed E-state index contributed by atoms with van der Waals surface area (Å²) >= 11 is 0. The van der Waals surface area contributed by atoms with Crippen LogP contribution < -0.4 is 10.1 Å². The third kappa shape index (κ3) is 4.32. The van der Waals surface area contributed by atoms with Crippen molar-refractivity contribution < 1.29 is 31.5 Å². The van der Waals surface area contributed by atoms with E-state index in [-0.39, 0.29) is 23.5 Å². The van der Waals surface area contributed by atoms with E-state index in [1.54, 1.807) is 6.92 Å². The van der Waals surface area contributed by atoms with Gasteiger partial charge in [-0.05, 0) is 49.2 Å². The summed E-state index contributed by atoms with van der Waals surface area (Å²) in [6, 6.07) is 7.14. The molecule has 2 aromatic carbocycles. The van der Waals surface area contributed by atoms with E-state index in [1.165, 1.54) is 24.3 Å². The molecule has 4 rings (SSSR count). The van der Waals surface area contributed by atoms with Crippen LogP contribution in [-0.2, 0) is 6.42 Å². The first-order valence-electron chi connectivity index (χ1n) is 9.23. The molecule has 4 aromatic rings. The topological polar surface area (TPSA) is 69.9 Å². The van der Waals surface area contributed by atoms with Crippen LogP contribution in [0.3, 0.4) is 0 Å². The minimum atomic E-state index is -4.81. The summed E-state index contributed by atoms with van der Waals surface area (Å²) in [5, 5.41) is 3.48. The lowest BCUT2D eigenvalue weighted by molar-refractivity contribution is -0.274. The second kappa shape index (κ2) is 7.60. The van der Waals surface area contributed by atoms with Crippen molar-refractivity contribution in [2.75, 3.05) is 6.54 Å². The van der Waals surface area contributed by atoms with E-state index in [0.29, 0.717) is 34.0 Å². The number of aryl methyl sites for hydroxylation is 1. The molecule has 2 heterocycles.